The van der Waals surface area contributed by atoms with Crippen LogP contribution in [0.4, 0.5) is 5.69 Å². The summed E-state index contributed by atoms with van der Waals surface area (Å²) in [7, 11) is 5.79. The molecule has 4 rings (SSSR count). The van der Waals surface area contributed by atoms with E-state index in [1.54, 1.807) is 25.3 Å². The zero-order valence-corrected chi connectivity index (χ0v) is 18.9. The van der Waals surface area contributed by atoms with E-state index in [0.717, 1.165) is 41.7 Å². The highest BCUT2D eigenvalue weighted by molar-refractivity contribution is 6.15. The topological polar surface area (TPSA) is 69.7 Å². The number of Topliss-reactive ketones (excluding diaryl/α,β-unsaturated/α-hetero) is 1. The molecule has 0 spiro atoms. The zero-order valence-electron chi connectivity index (χ0n) is 18.9. The van der Waals surface area contributed by atoms with Crippen molar-refractivity contribution in [2.45, 2.75) is 26.8 Å². The molecule has 0 atom stereocenters. The van der Waals surface area contributed by atoms with Crippen molar-refractivity contribution >= 4 is 28.4 Å². The lowest BCUT2D eigenvalue weighted by molar-refractivity contribution is 0.101. The Morgan fingerprint density at radius 1 is 1.16 bits per heavy atom. The van der Waals surface area contributed by atoms with Crippen LogP contribution in [0.25, 0.3) is 17.0 Å². The molecule has 0 saturated carbocycles. The Labute approximate surface area is 183 Å². The third kappa shape index (κ3) is 4.75. The van der Waals surface area contributed by atoms with Crippen LogP contribution in [0, 0.1) is 0 Å². The molecule has 0 fully saturated rings. The van der Waals surface area contributed by atoms with Gasteiger partial charge < -0.3 is 24.7 Å². The molecule has 3 aromatic rings. The smallest absolute Gasteiger partial charge is 0.231 e. The maximum atomic E-state index is 12.8. The number of allylic oxidation sites excluding steroid dienone is 1. The van der Waals surface area contributed by atoms with E-state index in [-0.39, 0.29) is 5.78 Å². The molecule has 2 N–H and O–H groups in total. The van der Waals surface area contributed by atoms with Gasteiger partial charge in [-0.2, -0.15) is 0 Å². The van der Waals surface area contributed by atoms with Crippen LogP contribution in [-0.2, 0) is 6.54 Å². The Balaban J connectivity index is 0.00000132. The second-order valence-electron chi connectivity index (χ2n) is 7.51. The first-order valence-electron chi connectivity index (χ1n) is 10.6. The van der Waals surface area contributed by atoms with Crippen LogP contribution in [0.15, 0.2) is 48.4 Å². The summed E-state index contributed by atoms with van der Waals surface area (Å²) in [6.07, 6.45) is 4.91. The number of nitrogens with two attached hydrogens (primary N) is 1. The van der Waals surface area contributed by atoms with Gasteiger partial charge in [0.25, 0.3) is 0 Å². The fourth-order valence-electron chi connectivity index (χ4n) is 3.63. The molecule has 0 radical (unpaired) electrons. The summed E-state index contributed by atoms with van der Waals surface area (Å²) >= 11 is 0. The molecule has 1 aliphatic rings. The van der Waals surface area contributed by atoms with E-state index < -0.39 is 0 Å². The number of methoxy groups -OCH3 is 1. The molecule has 0 amide bonds. The molecular weight excluding hydrogens is 390 g/mol. The first-order valence-corrected chi connectivity index (χ1v) is 10.6. The summed E-state index contributed by atoms with van der Waals surface area (Å²) < 4.78 is 13.4. The Bertz CT molecular complexity index is 1110. The van der Waals surface area contributed by atoms with Gasteiger partial charge in [-0.25, -0.2) is 0 Å². The molecule has 2 aromatic carbocycles. The van der Waals surface area contributed by atoms with E-state index in [1.807, 2.05) is 32.1 Å². The van der Waals surface area contributed by atoms with Gasteiger partial charge in [-0.3, -0.25) is 4.79 Å². The number of nitrogen functional groups attached to an aromatic ring is 1. The number of hydrogen-bond acceptors (Lipinski definition) is 5. The number of carbonyl (C=O) groups is 1. The van der Waals surface area contributed by atoms with Crippen LogP contribution in [0.5, 0.6) is 11.5 Å². The minimum absolute atomic E-state index is 0.128. The summed E-state index contributed by atoms with van der Waals surface area (Å²) in [6.45, 7) is 5.89. The third-order valence-electron chi connectivity index (χ3n) is 5.10. The molecule has 0 saturated heterocycles. The quantitative estimate of drug-likeness (QED) is 0.456. The highest BCUT2D eigenvalue weighted by Crippen LogP contribution is 2.35. The molecule has 0 unspecified atom stereocenters. The van der Waals surface area contributed by atoms with E-state index in [9.17, 15) is 4.79 Å². The molecule has 2 heterocycles. The highest BCUT2D eigenvalue weighted by Gasteiger charge is 2.27. The van der Waals surface area contributed by atoms with Crippen LogP contribution < -0.4 is 15.2 Å². The summed E-state index contributed by atoms with van der Waals surface area (Å²) in [6, 6.07) is 11.1. The van der Waals surface area contributed by atoms with E-state index in [4.69, 9.17) is 15.2 Å². The van der Waals surface area contributed by atoms with Crippen LogP contribution >= 0.6 is 0 Å². The van der Waals surface area contributed by atoms with E-state index in [2.05, 4.69) is 35.8 Å². The maximum absolute atomic E-state index is 12.8. The van der Waals surface area contributed by atoms with Crippen molar-refractivity contribution in [3.8, 4) is 11.5 Å². The molecule has 1 aliphatic heterocycles. The van der Waals surface area contributed by atoms with Gasteiger partial charge in [-0.15, -0.1) is 0 Å². The number of anilines is 1. The molecule has 1 aromatic heterocycles. The van der Waals surface area contributed by atoms with Crippen LogP contribution in [0.1, 0.15) is 36.2 Å². The second-order valence-corrected chi connectivity index (χ2v) is 7.51. The first-order chi connectivity index (χ1) is 15.0. The normalized spacial score (nSPS) is 13.9. The zero-order chi connectivity index (χ0) is 22.5. The number of benzene rings is 2. The standard InChI is InChI=1S/C23H25N3O3.C2H6/c1-25(2)9-4-10-26-14-15(19-13-17(28-3)6-8-20(19)26)11-22-23(27)18-7-5-16(24)12-21(18)29-22;1-2/h5-8,11-14H,4,9-10,24H2,1-3H3;1-2H3/b22-11-;. The van der Waals surface area contributed by atoms with Crippen molar-refractivity contribution in [3.63, 3.8) is 0 Å². The number of nitrogens with zero attached hydrogens (tertiary/aromatic N) is 2. The fourth-order valence-corrected chi connectivity index (χ4v) is 3.63. The van der Waals surface area contributed by atoms with E-state index in [0.29, 0.717) is 22.8 Å². The number of ketones is 1. The highest BCUT2D eigenvalue weighted by atomic mass is 16.5. The summed E-state index contributed by atoms with van der Waals surface area (Å²) in [4.78, 5) is 14.9. The van der Waals surface area contributed by atoms with Crippen molar-refractivity contribution in [1.82, 2.24) is 9.47 Å². The fraction of sp³-hybridized carbons (Fsp3) is 0.320. The number of rotatable bonds is 6. The second kappa shape index (κ2) is 9.71. The van der Waals surface area contributed by atoms with Gasteiger partial charge in [0.1, 0.15) is 11.5 Å². The van der Waals surface area contributed by atoms with E-state index >= 15 is 0 Å². The van der Waals surface area contributed by atoms with Gasteiger partial charge in [0, 0.05) is 41.0 Å². The van der Waals surface area contributed by atoms with Crippen molar-refractivity contribution in [3.05, 3.63) is 59.5 Å². The van der Waals surface area contributed by atoms with Crippen LogP contribution in [0.3, 0.4) is 0 Å². The number of fused-ring (bicyclic) bond motifs is 2. The number of ether oxygens (including phenoxy) is 2. The van der Waals surface area contributed by atoms with Crippen molar-refractivity contribution in [2.75, 3.05) is 33.5 Å². The minimum atomic E-state index is -0.128. The van der Waals surface area contributed by atoms with E-state index in [1.165, 1.54) is 0 Å². The molecule has 6 nitrogen and oxygen atoms in total. The number of aryl methyl sites for hydroxylation is 1. The average Bonchev–Trinajstić information content (AvgIpc) is 3.26. The number of hydrogen-bond donors (Lipinski definition) is 1. The first kappa shape index (κ1) is 22.4. The van der Waals surface area contributed by atoms with Crippen molar-refractivity contribution in [1.29, 1.82) is 0 Å². The molecule has 0 bridgehead atoms. The van der Waals surface area contributed by atoms with Crippen molar-refractivity contribution in [2.24, 2.45) is 0 Å². The summed E-state index contributed by atoms with van der Waals surface area (Å²) in [5, 5.41) is 1.02. The van der Waals surface area contributed by atoms with Crippen molar-refractivity contribution < 1.29 is 14.3 Å². The third-order valence-corrected chi connectivity index (χ3v) is 5.10. The predicted molar refractivity (Wildman–Crippen MR) is 127 cm³/mol. The van der Waals surface area contributed by atoms with Gasteiger partial charge in [0.2, 0.25) is 5.78 Å². The predicted octanol–water partition coefficient (Wildman–Crippen LogP) is 4.83. The van der Waals surface area contributed by atoms with Gasteiger partial charge in [-0.05, 0) is 63.5 Å². The molecule has 6 heteroatoms. The lowest BCUT2D eigenvalue weighted by Gasteiger charge is -2.10. The lowest BCUT2D eigenvalue weighted by Crippen LogP contribution is -2.14. The minimum Gasteiger partial charge on any atom is -0.497 e. The summed E-state index contributed by atoms with van der Waals surface area (Å²) in [5.74, 6) is 1.46. The lowest BCUT2D eigenvalue weighted by atomic mass is 10.1. The van der Waals surface area contributed by atoms with Crippen LogP contribution in [-0.4, -0.2) is 43.0 Å². The van der Waals surface area contributed by atoms with Gasteiger partial charge >= 0.3 is 0 Å². The molecule has 164 valence electrons. The van der Waals surface area contributed by atoms with Gasteiger partial charge in [0.15, 0.2) is 5.76 Å². The number of carbonyl (C=O) groups excluding carboxylic acids is 1. The number of aromatic nitrogens is 1. The monoisotopic (exact) mass is 421 g/mol. The molecule has 31 heavy (non-hydrogen) atoms. The SMILES string of the molecule is CC.COc1ccc2c(c1)c(/C=C1\Oc3cc(N)ccc3C1=O)cn2CCCN(C)C. The van der Waals surface area contributed by atoms with Gasteiger partial charge in [-0.1, -0.05) is 13.8 Å². The Morgan fingerprint density at radius 3 is 2.65 bits per heavy atom. The Kier molecular flexibility index (Phi) is 7.02. The molecular formula is C25H31N3O3. The maximum Gasteiger partial charge on any atom is 0.231 e. The van der Waals surface area contributed by atoms with Gasteiger partial charge in [0.05, 0.1) is 12.7 Å². The Morgan fingerprint density at radius 2 is 1.94 bits per heavy atom. The summed E-state index contributed by atoms with van der Waals surface area (Å²) in [5.41, 5.74) is 8.95. The Hall–Kier alpha value is -3.25. The van der Waals surface area contributed by atoms with Crippen LogP contribution in [0.2, 0.25) is 0 Å². The average molecular weight is 422 g/mol. The largest absolute Gasteiger partial charge is 0.497 e. The molecule has 0 aliphatic carbocycles.